The normalized spacial score (nSPS) is 12.2. The van der Waals surface area contributed by atoms with Crippen molar-refractivity contribution in [3.8, 4) is 11.1 Å². The van der Waals surface area contributed by atoms with Crippen LogP contribution in [0.15, 0.2) is 54.6 Å². The van der Waals surface area contributed by atoms with E-state index < -0.39 is 0 Å². The molecule has 2 rings (SSSR count). The fraction of sp³-hybridized carbons (Fsp3) is 0.316. The zero-order chi connectivity index (χ0) is 16.7. The summed E-state index contributed by atoms with van der Waals surface area (Å²) < 4.78 is 0. The smallest absolute Gasteiger partial charge is 0.241 e. The number of hydrogen-bond donors (Lipinski definition) is 2. The first-order chi connectivity index (χ1) is 11.2. The second-order valence-electron chi connectivity index (χ2n) is 5.43. The number of nitrogens with one attached hydrogen (secondary N) is 1. The van der Waals surface area contributed by atoms with Crippen LogP contribution in [0.5, 0.6) is 0 Å². The van der Waals surface area contributed by atoms with Crippen molar-refractivity contribution in [2.45, 2.75) is 19.9 Å². The largest absolute Gasteiger partial charge is 0.395 e. The quantitative estimate of drug-likeness (QED) is 0.826. The number of carbonyl (C=O) groups is 1. The van der Waals surface area contributed by atoms with E-state index in [9.17, 15) is 4.79 Å². The Hall–Kier alpha value is -2.17. The van der Waals surface area contributed by atoms with Gasteiger partial charge in [0.1, 0.15) is 0 Å². The molecule has 0 aliphatic rings. The molecule has 2 aromatic rings. The molecule has 0 radical (unpaired) electrons. The van der Waals surface area contributed by atoms with Crippen LogP contribution >= 0.6 is 0 Å². The summed E-state index contributed by atoms with van der Waals surface area (Å²) in [6.45, 7) is 5.10. The summed E-state index contributed by atoms with van der Waals surface area (Å²) >= 11 is 0. The van der Waals surface area contributed by atoms with Crippen molar-refractivity contribution in [3.63, 3.8) is 0 Å². The van der Waals surface area contributed by atoms with Crippen molar-refractivity contribution in [1.29, 1.82) is 0 Å². The van der Waals surface area contributed by atoms with E-state index in [0.29, 0.717) is 6.54 Å². The van der Waals surface area contributed by atoms with Gasteiger partial charge in [-0.3, -0.25) is 9.69 Å². The fourth-order valence-electron chi connectivity index (χ4n) is 2.62. The molecule has 0 aliphatic carbocycles. The summed E-state index contributed by atoms with van der Waals surface area (Å²) in [5, 5.41) is 12.1. The average Bonchev–Trinajstić information content (AvgIpc) is 2.60. The van der Waals surface area contributed by atoms with Gasteiger partial charge in [-0.15, -0.1) is 0 Å². The van der Waals surface area contributed by atoms with Crippen molar-refractivity contribution in [3.05, 3.63) is 54.6 Å². The molecule has 0 saturated heterocycles. The van der Waals surface area contributed by atoms with Gasteiger partial charge in [0.05, 0.1) is 12.6 Å². The maximum Gasteiger partial charge on any atom is 0.241 e. The van der Waals surface area contributed by atoms with Crippen molar-refractivity contribution in [1.82, 2.24) is 4.90 Å². The maximum absolute atomic E-state index is 12.5. The van der Waals surface area contributed by atoms with Gasteiger partial charge in [0.15, 0.2) is 0 Å². The van der Waals surface area contributed by atoms with Crippen molar-refractivity contribution < 1.29 is 9.90 Å². The fourth-order valence-corrected chi connectivity index (χ4v) is 2.62. The average molecular weight is 312 g/mol. The second kappa shape index (κ2) is 8.46. The number of aliphatic hydroxyl groups excluding tert-OH is 1. The molecular formula is C19H24N2O2. The van der Waals surface area contributed by atoms with E-state index in [2.05, 4.69) is 5.32 Å². The molecule has 0 fully saturated rings. The van der Waals surface area contributed by atoms with Crippen LogP contribution in [-0.4, -0.2) is 41.7 Å². The Bertz CT molecular complexity index is 628. The Balaban J connectivity index is 2.19. The molecule has 2 aromatic carbocycles. The molecule has 4 heteroatoms. The third kappa shape index (κ3) is 4.41. The highest BCUT2D eigenvalue weighted by molar-refractivity contribution is 5.98. The minimum absolute atomic E-state index is 0.0477. The predicted molar refractivity (Wildman–Crippen MR) is 94.3 cm³/mol. The Morgan fingerprint density at radius 1 is 1.13 bits per heavy atom. The van der Waals surface area contributed by atoms with Gasteiger partial charge < -0.3 is 10.4 Å². The van der Waals surface area contributed by atoms with Crippen LogP contribution in [0.4, 0.5) is 5.69 Å². The number of hydrogen-bond acceptors (Lipinski definition) is 3. The Labute approximate surface area is 137 Å². The maximum atomic E-state index is 12.5. The van der Waals surface area contributed by atoms with E-state index in [4.69, 9.17) is 5.11 Å². The zero-order valence-electron chi connectivity index (χ0n) is 13.7. The van der Waals surface area contributed by atoms with Crippen molar-refractivity contribution in [2.75, 3.05) is 25.0 Å². The first kappa shape index (κ1) is 17.2. The lowest BCUT2D eigenvalue weighted by atomic mass is 10.0. The molecule has 23 heavy (non-hydrogen) atoms. The van der Waals surface area contributed by atoms with Crippen LogP contribution in [0.1, 0.15) is 13.8 Å². The highest BCUT2D eigenvalue weighted by Gasteiger charge is 2.20. The second-order valence-corrected chi connectivity index (χ2v) is 5.43. The first-order valence-corrected chi connectivity index (χ1v) is 7.97. The molecule has 0 aliphatic heterocycles. The van der Waals surface area contributed by atoms with E-state index in [1.54, 1.807) is 0 Å². The highest BCUT2D eigenvalue weighted by Crippen LogP contribution is 2.27. The number of anilines is 1. The Morgan fingerprint density at radius 2 is 1.78 bits per heavy atom. The van der Waals surface area contributed by atoms with Crippen LogP contribution in [0, 0.1) is 0 Å². The summed E-state index contributed by atoms with van der Waals surface area (Å²) in [5.41, 5.74) is 2.87. The van der Waals surface area contributed by atoms with Gasteiger partial charge in [0.25, 0.3) is 0 Å². The summed E-state index contributed by atoms with van der Waals surface area (Å²) in [6, 6.07) is 17.5. The van der Waals surface area contributed by atoms with Gasteiger partial charge in [0, 0.05) is 17.8 Å². The van der Waals surface area contributed by atoms with Crippen LogP contribution in [0.25, 0.3) is 11.1 Å². The molecule has 1 unspecified atom stereocenters. The number of para-hydroxylation sites is 1. The molecule has 0 bridgehead atoms. The Kier molecular flexibility index (Phi) is 6.32. The first-order valence-electron chi connectivity index (χ1n) is 7.97. The van der Waals surface area contributed by atoms with E-state index >= 15 is 0 Å². The molecular weight excluding hydrogens is 288 g/mol. The molecule has 122 valence electrons. The minimum Gasteiger partial charge on any atom is -0.395 e. The van der Waals surface area contributed by atoms with Crippen LogP contribution in [0.2, 0.25) is 0 Å². The highest BCUT2D eigenvalue weighted by atomic mass is 16.3. The van der Waals surface area contributed by atoms with Gasteiger partial charge in [-0.2, -0.15) is 0 Å². The van der Waals surface area contributed by atoms with Crippen molar-refractivity contribution >= 4 is 11.6 Å². The SMILES string of the molecule is CCN(CCO)C(C)C(=O)Nc1ccccc1-c1ccccc1. The molecule has 4 nitrogen and oxygen atoms in total. The third-order valence-corrected chi connectivity index (χ3v) is 3.99. The number of nitrogens with zero attached hydrogens (tertiary/aromatic N) is 1. The summed E-state index contributed by atoms with van der Waals surface area (Å²) in [5.74, 6) is -0.0660. The summed E-state index contributed by atoms with van der Waals surface area (Å²) in [4.78, 5) is 14.5. The minimum atomic E-state index is -0.295. The molecule has 0 spiro atoms. The number of likely N-dealkylation sites (N-methyl/N-ethyl adjacent to an activating group) is 1. The molecule has 0 aromatic heterocycles. The topological polar surface area (TPSA) is 52.6 Å². The van der Waals surface area contributed by atoms with Crippen molar-refractivity contribution in [2.24, 2.45) is 0 Å². The third-order valence-electron chi connectivity index (χ3n) is 3.99. The van der Waals surface area contributed by atoms with Gasteiger partial charge in [-0.25, -0.2) is 0 Å². The number of rotatable bonds is 7. The van der Waals surface area contributed by atoms with Crippen LogP contribution in [0.3, 0.4) is 0 Å². The number of aliphatic hydroxyl groups is 1. The van der Waals surface area contributed by atoms with E-state index in [1.165, 1.54) is 0 Å². The summed E-state index contributed by atoms with van der Waals surface area (Å²) in [7, 11) is 0. The van der Waals surface area contributed by atoms with Gasteiger partial charge in [-0.1, -0.05) is 55.5 Å². The van der Waals surface area contributed by atoms with Crippen LogP contribution < -0.4 is 5.32 Å². The number of carbonyl (C=O) groups excluding carboxylic acids is 1. The number of amides is 1. The van der Waals surface area contributed by atoms with Gasteiger partial charge >= 0.3 is 0 Å². The lowest BCUT2D eigenvalue weighted by Gasteiger charge is -2.26. The zero-order valence-corrected chi connectivity index (χ0v) is 13.7. The van der Waals surface area contributed by atoms with Gasteiger partial charge in [-0.05, 0) is 25.1 Å². The molecule has 0 heterocycles. The molecule has 0 saturated carbocycles. The number of benzene rings is 2. The van der Waals surface area contributed by atoms with Crippen LogP contribution in [-0.2, 0) is 4.79 Å². The lowest BCUT2D eigenvalue weighted by Crippen LogP contribution is -2.43. The molecule has 2 N–H and O–H groups in total. The summed E-state index contributed by atoms with van der Waals surface area (Å²) in [6.07, 6.45) is 0. The predicted octanol–water partition coefficient (Wildman–Crippen LogP) is 2.99. The molecule has 1 amide bonds. The Morgan fingerprint density at radius 3 is 2.43 bits per heavy atom. The van der Waals surface area contributed by atoms with Gasteiger partial charge in [0.2, 0.25) is 5.91 Å². The monoisotopic (exact) mass is 312 g/mol. The lowest BCUT2D eigenvalue weighted by molar-refractivity contribution is -0.120. The molecule has 1 atom stereocenters. The van der Waals surface area contributed by atoms with E-state index in [1.807, 2.05) is 73.3 Å². The standard InChI is InChI=1S/C19H24N2O2/c1-3-21(13-14-22)15(2)19(23)20-18-12-8-7-11-17(18)16-9-5-4-6-10-16/h4-12,15,22H,3,13-14H2,1-2H3,(H,20,23). The van der Waals surface area contributed by atoms with E-state index in [-0.39, 0.29) is 18.6 Å². The van der Waals surface area contributed by atoms with E-state index in [0.717, 1.165) is 23.4 Å².